The molecule has 0 spiro atoms. The largest absolute Gasteiger partial charge is 0.342 e. The zero-order chi connectivity index (χ0) is 16.6. The molecule has 2 aliphatic rings. The van der Waals surface area contributed by atoms with E-state index in [0.29, 0.717) is 23.8 Å². The van der Waals surface area contributed by atoms with E-state index >= 15 is 0 Å². The fourth-order valence-corrected chi connectivity index (χ4v) is 3.69. The van der Waals surface area contributed by atoms with Crippen molar-refractivity contribution in [1.82, 2.24) is 10.2 Å². The summed E-state index contributed by atoms with van der Waals surface area (Å²) in [5, 5.41) is 3.74. The summed E-state index contributed by atoms with van der Waals surface area (Å²) in [4.78, 5) is 14.3. The Morgan fingerprint density at radius 1 is 1.13 bits per heavy atom. The van der Waals surface area contributed by atoms with Crippen LogP contribution in [0.2, 0.25) is 0 Å². The third-order valence-corrected chi connectivity index (χ3v) is 5.65. The second-order valence-electron chi connectivity index (χ2n) is 7.67. The summed E-state index contributed by atoms with van der Waals surface area (Å²) < 4.78 is 0. The third-order valence-electron chi connectivity index (χ3n) is 5.65. The SMILES string of the molecule is Cc1cc(C)c(CN[C@@H]2CCN(C(=O)C3CC3)C[C@H]2C)cc1C. The number of carbonyl (C=O) groups excluding carboxylic acids is 1. The molecule has 0 unspecified atom stereocenters. The van der Waals surface area contributed by atoms with Gasteiger partial charge in [0.05, 0.1) is 0 Å². The van der Waals surface area contributed by atoms with Gasteiger partial charge >= 0.3 is 0 Å². The number of nitrogens with one attached hydrogen (secondary N) is 1. The van der Waals surface area contributed by atoms with E-state index < -0.39 is 0 Å². The number of amides is 1. The molecule has 3 nitrogen and oxygen atoms in total. The first-order valence-corrected chi connectivity index (χ1v) is 9.04. The molecule has 0 radical (unpaired) electrons. The highest BCUT2D eigenvalue weighted by atomic mass is 16.2. The maximum absolute atomic E-state index is 12.2. The lowest BCUT2D eigenvalue weighted by atomic mass is 9.92. The lowest BCUT2D eigenvalue weighted by Gasteiger charge is -2.37. The summed E-state index contributed by atoms with van der Waals surface area (Å²) in [6, 6.07) is 5.11. The van der Waals surface area contributed by atoms with Crippen molar-refractivity contribution in [2.75, 3.05) is 13.1 Å². The van der Waals surface area contributed by atoms with E-state index in [0.717, 1.165) is 38.9 Å². The van der Waals surface area contributed by atoms with Crippen molar-refractivity contribution in [3.05, 3.63) is 34.4 Å². The molecule has 0 aromatic heterocycles. The number of benzene rings is 1. The maximum atomic E-state index is 12.2. The van der Waals surface area contributed by atoms with Crippen LogP contribution in [0, 0.1) is 32.6 Å². The molecule has 1 aliphatic carbocycles. The van der Waals surface area contributed by atoms with Crippen LogP contribution in [0.15, 0.2) is 12.1 Å². The van der Waals surface area contributed by atoms with Crippen molar-refractivity contribution in [2.45, 2.75) is 59.5 Å². The molecule has 1 aliphatic heterocycles. The zero-order valence-corrected chi connectivity index (χ0v) is 15.0. The molecule has 1 saturated carbocycles. The van der Waals surface area contributed by atoms with Crippen molar-refractivity contribution >= 4 is 5.91 Å². The van der Waals surface area contributed by atoms with Gasteiger partial charge in [-0.2, -0.15) is 0 Å². The number of piperidine rings is 1. The highest BCUT2D eigenvalue weighted by Crippen LogP contribution is 2.32. The summed E-state index contributed by atoms with van der Waals surface area (Å²) in [7, 11) is 0. The minimum atomic E-state index is 0.352. The molecule has 1 amide bonds. The highest BCUT2D eigenvalue weighted by molar-refractivity contribution is 5.81. The van der Waals surface area contributed by atoms with Crippen LogP contribution in [0.3, 0.4) is 0 Å². The van der Waals surface area contributed by atoms with Gasteiger partial charge < -0.3 is 10.2 Å². The number of aryl methyl sites for hydroxylation is 3. The Balaban J connectivity index is 1.55. The number of nitrogens with zero attached hydrogens (tertiary/aromatic N) is 1. The molecule has 126 valence electrons. The number of likely N-dealkylation sites (tertiary alicyclic amines) is 1. The Morgan fingerprint density at radius 2 is 1.83 bits per heavy atom. The molecule has 3 rings (SSSR count). The van der Waals surface area contributed by atoms with Crippen molar-refractivity contribution in [3.8, 4) is 0 Å². The lowest BCUT2D eigenvalue weighted by Crippen LogP contribution is -2.50. The number of rotatable bonds is 4. The van der Waals surface area contributed by atoms with Gasteiger partial charge in [-0.3, -0.25) is 4.79 Å². The molecule has 1 N–H and O–H groups in total. The fourth-order valence-electron chi connectivity index (χ4n) is 3.69. The van der Waals surface area contributed by atoms with Gasteiger partial charge in [0.2, 0.25) is 5.91 Å². The van der Waals surface area contributed by atoms with Gasteiger partial charge in [0.25, 0.3) is 0 Å². The molecular formula is C20H30N2O. The molecule has 1 aromatic rings. The fraction of sp³-hybridized carbons (Fsp3) is 0.650. The van der Waals surface area contributed by atoms with Gasteiger partial charge in [0.15, 0.2) is 0 Å². The average Bonchev–Trinajstić information content (AvgIpc) is 3.34. The van der Waals surface area contributed by atoms with Crippen molar-refractivity contribution in [2.24, 2.45) is 11.8 Å². The van der Waals surface area contributed by atoms with Crippen molar-refractivity contribution in [3.63, 3.8) is 0 Å². The minimum absolute atomic E-state index is 0.352. The predicted octanol–water partition coefficient (Wildman–Crippen LogP) is 3.35. The van der Waals surface area contributed by atoms with E-state index in [1.165, 1.54) is 22.3 Å². The zero-order valence-electron chi connectivity index (χ0n) is 15.0. The van der Waals surface area contributed by atoms with E-state index in [4.69, 9.17) is 0 Å². The molecule has 1 heterocycles. The average molecular weight is 314 g/mol. The van der Waals surface area contributed by atoms with Crippen molar-refractivity contribution in [1.29, 1.82) is 0 Å². The van der Waals surface area contributed by atoms with Gasteiger partial charge in [-0.05, 0) is 68.2 Å². The number of hydrogen-bond donors (Lipinski definition) is 1. The summed E-state index contributed by atoms with van der Waals surface area (Å²) in [5.41, 5.74) is 5.50. The summed E-state index contributed by atoms with van der Waals surface area (Å²) in [6.45, 7) is 11.6. The molecule has 23 heavy (non-hydrogen) atoms. The van der Waals surface area contributed by atoms with E-state index in [9.17, 15) is 4.79 Å². The third kappa shape index (κ3) is 3.77. The van der Waals surface area contributed by atoms with Crippen molar-refractivity contribution < 1.29 is 4.79 Å². The predicted molar refractivity (Wildman–Crippen MR) is 94.4 cm³/mol. The minimum Gasteiger partial charge on any atom is -0.342 e. The summed E-state index contributed by atoms with van der Waals surface area (Å²) in [6.07, 6.45) is 3.29. The van der Waals surface area contributed by atoms with Crippen LogP contribution in [0.1, 0.15) is 48.4 Å². The standard InChI is InChI=1S/C20H30N2O/c1-13-9-15(3)18(10-14(13)2)11-21-19-7-8-22(12-16(19)4)20(23)17-5-6-17/h9-10,16-17,19,21H,5-8,11-12H2,1-4H3/t16-,19-/m1/s1. The molecule has 2 fully saturated rings. The first kappa shape index (κ1) is 16.5. The van der Waals surface area contributed by atoms with E-state index in [-0.39, 0.29) is 0 Å². The maximum Gasteiger partial charge on any atom is 0.225 e. The Labute approximate surface area is 140 Å². The van der Waals surface area contributed by atoms with Crippen LogP contribution in [-0.4, -0.2) is 29.9 Å². The molecular weight excluding hydrogens is 284 g/mol. The van der Waals surface area contributed by atoms with Crippen LogP contribution in [0.5, 0.6) is 0 Å². The summed E-state index contributed by atoms with van der Waals surface area (Å²) in [5.74, 6) is 1.28. The van der Waals surface area contributed by atoms with Gasteiger partial charge in [-0.25, -0.2) is 0 Å². The topological polar surface area (TPSA) is 32.3 Å². The molecule has 1 aromatic carbocycles. The first-order chi connectivity index (χ1) is 11.0. The van der Waals surface area contributed by atoms with Gasteiger partial charge in [-0.1, -0.05) is 19.1 Å². The summed E-state index contributed by atoms with van der Waals surface area (Å²) >= 11 is 0. The normalized spacial score (nSPS) is 24.8. The van der Waals surface area contributed by atoms with Crippen LogP contribution >= 0.6 is 0 Å². The van der Waals surface area contributed by atoms with Crippen LogP contribution in [-0.2, 0) is 11.3 Å². The van der Waals surface area contributed by atoms with Gasteiger partial charge in [0, 0.05) is 31.6 Å². The quantitative estimate of drug-likeness (QED) is 0.924. The Morgan fingerprint density at radius 3 is 2.48 bits per heavy atom. The van der Waals surface area contributed by atoms with Crippen LogP contribution in [0.25, 0.3) is 0 Å². The van der Waals surface area contributed by atoms with Crippen LogP contribution < -0.4 is 5.32 Å². The monoisotopic (exact) mass is 314 g/mol. The van der Waals surface area contributed by atoms with Gasteiger partial charge in [0.1, 0.15) is 0 Å². The van der Waals surface area contributed by atoms with Gasteiger partial charge in [-0.15, -0.1) is 0 Å². The smallest absolute Gasteiger partial charge is 0.225 e. The molecule has 1 saturated heterocycles. The second-order valence-corrected chi connectivity index (χ2v) is 7.67. The molecule has 0 bridgehead atoms. The second kappa shape index (κ2) is 6.64. The number of hydrogen-bond acceptors (Lipinski definition) is 2. The first-order valence-electron chi connectivity index (χ1n) is 9.04. The van der Waals surface area contributed by atoms with Crippen LogP contribution in [0.4, 0.5) is 0 Å². The molecule has 3 heteroatoms. The van der Waals surface area contributed by atoms with E-state index in [1.54, 1.807) is 0 Å². The lowest BCUT2D eigenvalue weighted by molar-refractivity contribution is -0.134. The highest BCUT2D eigenvalue weighted by Gasteiger charge is 2.36. The van der Waals surface area contributed by atoms with E-state index in [1.807, 2.05) is 0 Å². The Kier molecular flexibility index (Phi) is 4.77. The van der Waals surface area contributed by atoms with E-state index in [2.05, 4.69) is 50.0 Å². The Bertz CT molecular complexity index is 592. The Hall–Kier alpha value is -1.35. The number of carbonyl (C=O) groups is 1. The molecule has 2 atom stereocenters.